The molecular weight excluding hydrogens is 255 g/mol. The Morgan fingerprint density at radius 2 is 1.42 bits per heavy atom. The van der Waals surface area contributed by atoms with E-state index in [1.54, 1.807) is 0 Å². The highest BCUT2D eigenvalue weighted by atomic mass is 31.2. The van der Waals surface area contributed by atoms with Gasteiger partial charge in [-0.15, -0.1) is 0 Å². The van der Waals surface area contributed by atoms with E-state index in [-0.39, 0.29) is 0 Å². The zero-order valence-corrected chi connectivity index (χ0v) is 11.8. The Kier molecular flexibility index (Phi) is 4.36. The van der Waals surface area contributed by atoms with Gasteiger partial charge in [0, 0.05) is 10.6 Å². The quantitative estimate of drug-likeness (QED) is 0.615. The largest absolute Gasteiger partial charge is 0.318 e. The molecule has 98 valence electrons. The topological polar surface area (TPSA) is 26.3 Å². The van der Waals surface area contributed by atoms with Crippen molar-refractivity contribution in [1.82, 2.24) is 0 Å². The maximum absolute atomic E-state index is 13.3. The Labute approximate surface area is 114 Å². The maximum Gasteiger partial charge on any atom is 0.261 e. The molecule has 0 amide bonds. The van der Waals surface area contributed by atoms with Crippen molar-refractivity contribution in [2.75, 3.05) is 6.61 Å². The van der Waals surface area contributed by atoms with E-state index in [2.05, 4.69) is 6.58 Å². The standard InChI is InChI=1S/C16H17O2P/c1-14(2)13-18-19(17,15-9-5-3-6-10-15)16-11-7-4-8-12-16/h3-12H,1,13H2,2H3. The molecular formula is C16H17O2P. The van der Waals surface area contributed by atoms with Crippen LogP contribution in [0.2, 0.25) is 0 Å². The van der Waals surface area contributed by atoms with Crippen molar-refractivity contribution in [2.45, 2.75) is 6.92 Å². The third-order valence-electron chi connectivity index (χ3n) is 2.68. The van der Waals surface area contributed by atoms with Crippen LogP contribution in [0.1, 0.15) is 6.92 Å². The van der Waals surface area contributed by atoms with E-state index in [4.69, 9.17) is 4.52 Å². The van der Waals surface area contributed by atoms with Crippen LogP contribution < -0.4 is 10.6 Å². The monoisotopic (exact) mass is 272 g/mol. The summed E-state index contributed by atoms with van der Waals surface area (Å²) in [5, 5.41) is 1.42. The molecule has 0 aromatic heterocycles. The summed E-state index contributed by atoms with van der Waals surface area (Å²) >= 11 is 0. The Morgan fingerprint density at radius 1 is 1.00 bits per heavy atom. The average Bonchev–Trinajstić information content (AvgIpc) is 2.46. The van der Waals surface area contributed by atoms with Crippen molar-refractivity contribution in [2.24, 2.45) is 0 Å². The molecule has 0 saturated heterocycles. The molecule has 0 bridgehead atoms. The van der Waals surface area contributed by atoms with Gasteiger partial charge in [-0.25, -0.2) is 0 Å². The Morgan fingerprint density at radius 3 is 1.79 bits per heavy atom. The molecule has 0 aliphatic heterocycles. The van der Waals surface area contributed by atoms with Crippen molar-refractivity contribution < 1.29 is 9.09 Å². The van der Waals surface area contributed by atoms with Crippen molar-refractivity contribution in [1.29, 1.82) is 0 Å². The lowest BCUT2D eigenvalue weighted by Gasteiger charge is -2.19. The minimum Gasteiger partial charge on any atom is -0.318 e. The van der Waals surface area contributed by atoms with Crippen LogP contribution in [0.15, 0.2) is 72.8 Å². The van der Waals surface area contributed by atoms with Crippen LogP contribution in [0.3, 0.4) is 0 Å². The van der Waals surface area contributed by atoms with Crippen LogP contribution in [-0.4, -0.2) is 6.61 Å². The molecule has 0 spiro atoms. The lowest BCUT2D eigenvalue weighted by molar-refractivity contribution is 0.359. The Balaban J connectivity index is 2.45. The number of hydrogen-bond acceptors (Lipinski definition) is 2. The molecule has 2 rings (SSSR count). The van der Waals surface area contributed by atoms with Gasteiger partial charge in [0.25, 0.3) is 7.37 Å². The first-order valence-corrected chi connectivity index (χ1v) is 7.75. The SMILES string of the molecule is C=C(C)COP(=O)(c1ccccc1)c1ccccc1. The molecule has 0 aliphatic rings. The Hall–Kier alpha value is -1.63. The van der Waals surface area contributed by atoms with E-state index in [1.807, 2.05) is 67.6 Å². The number of hydrogen-bond donors (Lipinski definition) is 0. The van der Waals surface area contributed by atoms with Crippen LogP contribution >= 0.6 is 7.37 Å². The number of rotatable bonds is 5. The maximum atomic E-state index is 13.3. The number of benzene rings is 2. The molecule has 0 radical (unpaired) electrons. The molecule has 2 aromatic carbocycles. The highest BCUT2D eigenvalue weighted by molar-refractivity contribution is 7.74. The van der Waals surface area contributed by atoms with Gasteiger partial charge in [-0.1, -0.05) is 48.6 Å². The molecule has 0 heterocycles. The van der Waals surface area contributed by atoms with Gasteiger partial charge in [0.2, 0.25) is 0 Å². The highest BCUT2D eigenvalue weighted by Gasteiger charge is 2.28. The summed E-state index contributed by atoms with van der Waals surface area (Å²) in [6.45, 7) is 5.95. The highest BCUT2D eigenvalue weighted by Crippen LogP contribution is 2.44. The second kappa shape index (κ2) is 6.01. The van der Waals surface area contributed by atoms with Crippen molar-refractivity contribution in [3.05, 3.63) is 72.8 Å². The smallest absolute Gasteiger partial charge is 0.261 e. The summed E-state index contributed by atoms with van der Waals surface area (Å²) in [7, 11) is -3.04. The first-order chi connectivity index (χ1) is 9.13. The normalized spacial score (nSPS) is 11.2. The van der Waals surface area contributed by atoms with Gasteiger partial charge in [0.15, 0.2) is 0 Å². The fourth-order valence-electron chi connectivity index (χ4n) is 1.75. The molecule has 2 aromatic rings. The van der Waals surface area contributed by atoms with Gasteiger partial charge in [0.05, 0.1) is 6.61 Å². The third kappa shape index (κ3) is 3.23. The zero-order valence-electron chi connectivity index (χ0n) is 11.0. The summed E-state index contributed by atoms with van der Waals surface area (Å²) < 4.78 is 19.0. The van der Waals surface area contributed by atoms with Gasteiger partial charge in [-0.2, -0.15) is 0 Å². The van der Waals surface area contributed by atoms with Gasteiger partial charge in [-0.3, -0.25) is 4.57 Å². The van der Waals surface area contributed by atoms with E-state index in [1.165, 1.54) is 0 Å². The van der Waals surface area contributed by atoms with Crippen LogP contribution in [0, 0.1) is 0 Å². The zero-order chi connectivity index (χ0) is 13.7. The predicted molar refractivity (Wildman–Crippen MR) is 80.5 cm³/mol. The molecule has 0 fully saturated rings. The lowest BCUT2D eigenvalue weighted by atomic mass is 10.4. The molecule has 0 unspecified atom stereocenters. The van der Waals surface area contributed by atoms with Crippen LogP contribution in [0.25, 0.3) is 0 Å². The minimum absolute atomic E-state index is 0.293. The molecule has 3 heteroatoms. The fraction of sp³-hybridized carbons (Fsp3) is 0.125. The van der Waals surface area contributed by atoms with Gasteiger partial charge in [0.1, 0.15) is 0 Å². The summed E-state index contributed by atoms with van der Waals surface area (Å²) in [5.41, 5.74) is 0.854. The second-order valence-electron chi connectivity index (χ2n) is 4.45. The fourth-order valence-corrected chi connectivity index (χ4v) is 3.88. The van der Waals surface area contributed by atoms with Gasteiger partial charge in [-0.05, 0) is 31.2 Å². The third-order valence-corrected chi connectivity index (χ3v) is 5.13. The van der Waals surface area contributed by atoms with Crippen LogP contribution in [0.4, 0.5) is 0 Å². The summed E-state index contributed by atoms with van der Waals surface area (Å²) in [5.74, 6) is 0. The van der Waals surface area contributed by atoms with E-state index < -0.39 is 7.37 Å². The average molecular weight is 272 g/mol. The van der Waals surface area contributed by atoms with E-state index in [9.17, 15) is 4.57 Å². The summed E-state index contributed by atoms with van der Waals surface area (Å²) in [6.07, 6.45) is 0. The second-order valence-corrected chi connectivity index (χ2v) is 6.85. The van der Waals surface area contributed by atoms with Gasteiger partial charge >= 0.3 is 0 Å². The minimum atomic E-state index is -3.04. The van der Waals surface area contributed by atoms with E-state index in [0.717, 1.165) is 5.57 Å². The molecule has 0 aliphatic carbocycles. The first-order valence-electron chi connectivity index (χ1n) is 6.13. The molecule has 0 atom stereocenters. The summed E-state index contributed by atoms with van der Waals surface area (Å²) in [4.78, 5) is 0. The van der Waals surface area contributed by atoms with Crippen molar-refractivity contribution in [3.63, 3.8) is 0 Å². The van der Waals surface area contributed by atoms with Gasteiger partial charge < -0.3 is 4.52 Å². The first kappa shape index (κ1) is 13.8. The molecule has 0 saturated carbocycles. The lowest BCUT2D eigenvalue weighted by Crippen LogP contribution is -2.18. The van der Waals surface area contributed by atoms with Crippen molar-refractivity contribution in [3.8, 4) is 0 Å². The van der Waals surface area contributed by atoms with Crippen molar-refractivity contribution >= 4 is 18.0 Å². The predicted octanol–water partition coefficient (Wildman–Crippen LogP) is 3.51. The Bertz CT molecular complexity index is 547. The summed E-state index contributed by atoms with van der Waals surface area (Å²) in [6, 6.07) is 18.6. The van der Waals surface area contributed by atoms with Crippen LogP contribution in [0.5, 0.6) is 0 Å². The van der Waals surface area contributed by atoms with E-state index >= 15 is 0 Å². The van der Waals surface area contributed by atoms with Crippen LogP contribution in [-0.2, 0) is 9.09 Å². The molecule has 19 heavy (non-hydrogen) atoms. The van der Waals surface area contributed by atoms with E-state index in [0.29, 0.717) is 17.2 Å². The molecule has 2 nitrogen and oxygen atoms in total. The molecule has 0 N–H and O–H groups in total.